The van der Waals surface area contributed by atoms with Crippen molar-refractivity contribution in [3.05, 3.63) is 22.4 Å². The summed E-state index contributed by atoms with van der Waals surface area (Å²) in [6, 6.07) is 2.45. The number of rotatable bonds is 5. The molecule has 2 saturated heterocycles. The maximum absolute atomic E-state index is 13.0. The van der Waals surface area contributed by atoms with E-state index in [0.29, 0.717) is 24.4 Å². The predicted octanol–water partition coefficient (Wildman–Crippen LogP) is 1.84. The Morgan fingerprint density at radius 1 is 1.42 bits per heavy atom. The molecule has 4 rings (SSSR count). The Labute approximate surface area is 147 Å². The number of carbonyl (C=O) groups excluding carboxylic acids is 2. The van der Waals surface area contributed by atoms with Crippen LogP contribution < -0.4 is 5.32 Å². The monoisotopic (exact) mass is 347 g/mol. The average Bonchev–Trinajstić information content (AvgIpc) is 2.96. The fourth-order valence-corrected chi connectivity index (χ4v) is 4.97. The van der Waals surface area contributed by atoms with Crippen LogP contribution in [0.25, 0.3) is 0 Å². The van der Waals surface area contributed by atoms with Crippen molar-refractivity contribution >= 4 is 23.2 Å². The average molecular weight is 347 g/mol. The van der Waals surface area contributed by atoms with Gasteiger partial charge in [-0.15, -0.1) is 0 Å². The smallest absolute Gasteiger partial charge is 0.242 e. The molecule has 0 aromatic carbocycles. The number of hydrogen-bond acceptors (Lipinski definition) is 4. The Kier molecular flexibility index (Phi) is 4.35. The number of hydrogen-bond donors (Lipinski definition) is 1. The van der Waals surface area contributed by atoms with Gasteiger partial charge in [-0.05, 0) is 66.6 Å². The van der Waals surface area contributed by atoms with E-state index in [0.717, 1.165) is 45.3 Å². The second-order valence-electron chi connectivity index (χ2n) is 7.40. The fourth-order valence-electron chi connectivity index (χ4n) is 4.31. The highest BCUT2D eigenvalue weighted by atomic mass is 32.1. The lowest BCUT2D eigenvalue weighted by molar-refractivity contribution is -0.139. The van der Waals surface area contributed by atoms with Gasteiger partial charge in [0.25, 0.3) is 0 Å². The van der Waals surface area contributed by atoms with Gasteiger partial charge in [0.1, 0.15) is 0 Å². The molecule has 1 atom stereocenters. The Morgan fingerprint density at radius 2 is 2.25 bits per heavy atom. The second-order valence-corrected chi connectivity index (χ2v) is 8.18. The molecule has 3 aliphatic rings. The quantitative estimate of drug-likeness (QED) is 0.884. The zero-order valence-electron chi connectivity index (χ0n) is 14.0. The molecule has 0 bridgehead atoms. The first-order valence-corrected chi connectivity index (χ1v) is 9.91. The lowest BCUT2D eigenvalue weighted by Crippen LogP contribution is -2.44. The molecular formula is C18H25N3O2S. The minimum absolute atomic E-state index is 0.122. The van der Waals surface area contributed by atoms with Crippen LogP contribution in [-0.4, -0.2) is 53.8 Å². The van der Waals surface area contributed by atoms with Crippen molar-refractivity contribution in [2.24, 2.45) is 5.41 Å². The van der Waals surface area contributed by atoms with E-state index in [9.17, 15) is 9.59 Å². The van der Waals surface area contributed by atoms with Gasteiger partial charge in [0.2, 0.25) is 11.8 Å². The maximum Gasteiger partial charge on any atom is 0.242 e. The van der Waals surface area contributed by atoms with Crippen LogP contribution in [0.5, 0.6) is 0 Å². The zero-order valence-corrected chi connectivity index (χ0v) is 14.8. The Balaban J connectivity index is 1.48. The van der Waals surface area contributed by atoms with E-state index in [2.05, 4.69) is 27.0 Å². The van der Waals surface area contributed by atoms with Crippen molar-refractivity contribution in [1.82, 2.24) is 15.1 Å². The molecule has 1 N–H and O–H groups in total. The highest BCUT2D eigenvalue weighted by Crippen LogP contribution is 2.56. The third-order valence-electron chi connectivity index (χ3n) is 5.87. The zero-order chi connectivity index (χ0) is 16.6. The summed E-state index contributed by atoms with van der Waals surface area (Å²) in [6.45, 7) is 3.79. The summed E-state index contributed by atoms with van der Waals surface area (Å²) in [5.74, 6) is 0.253. The predicted molar refractivity (Wildman–Crippen MR) is 93.6 cm³/mol. The van der Waals surface area contributed by atoms with Gasteiger partial charge in [0.15, 0.2) is 0 Å². The highest BCUT2D eigenvalue weighted by molar-refractivity contribution is 7.07. The van der Waals surface area contributed by atoms with Crippen LogP contribution in [0.15, 0.2) is 16.8 Å². The molecule has 1 saturated carbocycles. The van der Waals surface area contributed by atoms with Gasteiger partial charge in [-0.25, -0.2) is 0 Å². The van der Waals surface area contributed by atoms with E-state index in [1.165, 1.54) is 5.56 Å². The molecule has 1 aliphatic carbocycles. The van der Waals surface area contributed by atoms with E-state index in [4.69, 9.17) is 0 Å². The summed E-state index contributed by atoms with van der Waals surface area (Å²) in [4.78, 5) is 28.7. The van der Waals surface area contributed by atoms with E-state index in [1.54, 1.807) is 16.2 Å². The molecule has 3 heterocycles. The van der Waals surface area contributed by atoms with E-state index in [-0.39, 0.29) is 18.4 Å². The first-order valence-electron chi connectivity index (χ1n) is 8.97. The number of thiophene rings is 1. The molecular weight excluding hydrogens is 322 g/mol. The Hall–Kier alpha value is -1.40. The molecule has 3 fully saturated rings. The van der Waals surface area contributed by atoms with Gasteiger partial charge < -0.3 is 15.1 Å². The van der Waals surface area contributed by atoms with Crippen LogP contribution in [0.1, 0.15) is 37.7 Å². The SMILES string of the molecule is O=C1CCCN1CC(=O)N(Cc1ccsc1)C1CC12CCNCC2. The summed E-state index contributed by atoms with van der Waals surface area (Å²) in [7, 11) is 0. The minimum atomic E-state index is 0.122. The van der Waals surface area contributed by atoms with Crippen LogP contribution in [0.4, 0.5) is 0 Å². The highest BCUT2D eigenvalue weighted by Gasteiger charge is 2.57. The summed E-state index contributed by atoms with van der Waals surface area (Å²) in [5.41, 5.74) is 1.53. The molecule has 1 aromatic heterocycles. The Morgan fingerprint density at radius 3 is 2.92 bits per heavy atom. The third-order valence-corrected chi connectivity index (χ3v) is 6.61. The third kappa shape index (κ3) is 3.09. The van der Waals surface area contributed by atoms with Crippen LogP contribution in [0.2, 0.25) is 0 Å². The largest absolute Gasteiger partial charge is 0.333 e. The van der Waals surface area contributed by atoms with Gasteiger partial charge in [0, 0.05) is 25.6 Å². The van der Waals surface area contributed by atoms with Gasteiger partial charge >= 0.3 is 0 Å². The fraction of sp³-hybridized carbons (Fsp3) is 0.667. The van der Waals surface area contributed by atoms with Crippen LogP contribution >= 0.6 is 11.3 Å². The molecule has 130 valence electrons. The van der Waals surface area contributed by atoms with Crippen LogP contribution in [0.3, 0.4) is 0 Å². The van der Waals surface area contributed by atoms with Crippen LogP contribution in [-0.2, 0) is 16.1 Å². The Bertz CT molecular complexity index is 610. The van der Waals surface area contributed by atoms with E-state index in [1.807, 2.05) is 0 Å². The molecule has 0 radical (unpaired) electrons. The first kappa shape index (κ1) is 16.1. The molecule has 1 spiro atoms. The number of carbonyl (C=O) groups is 2. The molecule has 1 aromatic rings. The lowest BCUT2D eigenvalue weighted by Gasteiger charge is -2.30. The van der Waals surface area contributed by atoms with Crippen LogP contribution in [0, 0.1) is 5.41 Å². The maximum atomic E-state index is 13.0. The normalized spacial score (nSPS) is 25.2. The van der Waals surface area contributed by atoms with Crippen molar-refractivity contribution in [3.8, 4) is 0 Å². The van der Waals surface area contributed by atoms with Crippen molar-refractivity contribution in [2.75, 3.05) is 26.2 Å². The molecule has 5 nitrogen and oxygen atoms in total. The summed E-state index contributed by atoms with van der Waals surface area (Å²) in [5, 5.41) is 7.61. The van der Waals surface area contributed by atoms with Crippen molar-refractivity contribution in [2.45, 2.75) is 44.7 Å². The first-order chi connectivity index (χ1) is 11.7. The molecule has 1 unspecified atom stereocenters. The second kappa shape index (κ2) is 6.48. The van der Waals surface area contributed by atoms with E-state index < -0.39 is 0 Å². The number of nitrogens with zero attached hydrogens (tertiary/aromatic N) is 2. The van der Waals surface area contributed by atoms with Crippen molar-refractivity contribution in [1.29, 1.82) is 0 Å². The topological polar surface area (TPSA) is 52.7 Å². The van der Waals surface area contributed by atoms with Gasteiger partial charge in [-0.2, -0.15) is 11.3 Å². The van der Waals surface area contributed by atoms with Gasteiger partial charge in [0.05, 0.1) is 6.54 Å². The number of amides is 2. The number of nitrogens with one attached hydrogen (secondary N) is 1. The van der Waals surface area contributed by atoms with Crippen molar-refractivity contribution in [3.63, 3.8) is 0 Å². The summed E-state index contributed by atoms with van der Waals surface area (Å²) < 4.78 is 0. The molecule has 2 aliphatic heterocycles. The molecule has 24 heavy (non-hydrogen) atoms. The van der Waals surface area contributed by atoms with Gasteiger partial charge in [-0.1, -0.05) is 0 Å². The van der Waals surface area contributed by atoms with E-state index >= 15 is 0 Å². The molecule has 2 amide bonds. The number of piperidine rings is 1. The van der Waals surface area contributed by atoms with Gasteiger partial charge in [-0.3, -0.25) is 9.59 Å². The van der Waals surface area contributed by atoms with Crippen molar-refractivity contribution < 1.29 is 9.59 Å². The number of likely N-dealkylation sites (tertiary alicyclic amines) is 1. The molecule has 6 heteroatoms. The standard InChI is InChI=1S/C18H25N3O2S/c22-16-2-1-8-20(16)12-17(23)21(11-14-3-9-24-13-14)15-10-18(15)4-6-19-7-5-18/h3,9,13,15,19H,1-2,4-8,10-12H2. The minimum Gasteiger partial charge on any atom is -0.333 e. The summed E-state index contributed by atoms with van der Waals surface area (Å²) >= 11 is 1.67. The summed E-state index contributed by atoms with van der Waals surface area (Å²) in [6.07, 6.45) is 4.92. The lowest BCUT2D eigenvalue weighted by atomic mass is 9.93.